The summed E-state index contributed by atoms with van der Waals surface area (Å²) < 4.78 is 6.95. The number of hydrogen-bond donors (Lipinski definition) is 1. The number of rotatable bonds is 6. The van der Waals surface area contributed by atoms with E-state index < -0.39 is 0 Å². The second-order valence-corrected chi connectivity index (χ2v) is 6.66. The maximum atomic E-state index is 5.21. The van der Waals surface area contributed by atoms with Crippen molar-refractivity contribution in [1.82, 2.24) is 29.5 Å². The number of nitrogens with zero attached hydrogens (tertiary/aromatic N) is 7. The molecule has 27 heavy (non-hydrogen) atoms. The SMILES string of the molecule is CCc1cc(N2CCC(Nc3cc(COC)nc4ncnn34)CC2)ncn1. The average molecular weight is 368 g/mol. The highest BCUT2D eigenvalue weighted by Gasteiger charge is 2.21. The minimum atomic E-state index is 0.360. The first-order chi connectivity index (χ1) is 13.3. The summed E-state index contributed by atoms with van der Waals surface area (Å²) in [5, 5.41) is 7.89. The van der Waals surface area contributed by atoms with Gasteiger partial charge in [0.1, 0.15) is 24.3 Å². The van der Waals surface area contributed by atoms with Crippen LogP contribution in [0.2, 0.25) is 0 Å². The van der Waals surface area contributed by atoms with Crippen LogP contribution in [0, 0.1) is 0 Å². The predicted molar refractivity (Wildman–Crippen MR) is 102 cm³/mol. The smallest absolute Gasteiger partial charge is 0.254 e. The molecule has 9 heteroatoms. The molecule has 142 valence electrons. The van der Waals surface area contributed by atoms with Crippen molar-refractivity contribution in [2.45, 2.75) is 38.8 Å². The molecule has 1 aliphatic heterocycles. The Morgan fingerprint density at radius 1 is 1.11 bits per heavy atom. The van der Waals surface area contributed by atoms with E-state index in [4.69, 9.17) is 4.74 Å². The lowest BCUT2D eigenvalue weighted by atomic mass is 10.0. The number of nitrogens with one attached hydrogen (secondary N) is 1. The quantitative estimate of drug-likeness (QED) is 0.703. The first-order valence-electron chi connectivity index (χ1n) is 9.28. The van der Waals surface area contributed by atoms with Crippen LogP contribution >= 0.6 is 0 Å². The minimum absolute atomic E-state index is 0.360. The number of piperidine rings is 1. The van der Waals surface area contributed by atoms with E-state index in [0.29, 0.717) is 18.4 Å². The van der Waals surface area contributed by atoms with E-state index in [1.807, 2.05) is 6.07 Å². The number of hydrogen-bond acceptors (Lipinski definition) is 8. The van der Waals surface area contributed by atoms with Crippen LogP contribution in [0.4, 0.5) is 11.6 Å². The van der Waals surface area contributed by atoms with E-state index in [9.17, 15) is 0 Å². The molecule has 4 heterocycles. The number of fused-ring (bicyclic) bond motifs is 1. The third-order valence-corrected chi connectivity index (χ3v) is 4.84. The van der Waals surface area contributed by atoms with Crippen molar-refractivity contribution in [3.8, 4) is 0 Å². The molecule has 1 aliphatic rings. The van der Waals surface area contributed by atoms with E-state index in [1.54, 1.807) is 18.0 Å². The van der Waals surface area contributed by atoms with Crippen LogP contribution < -0.4 is 10.2 Å². The monoisotopic (exact) mass is 368 g/mol. The number of methoxy groups -OCH3 is 1. The predicted octanol–water partition coefficient (Wildman–Crippen LogP) is 1.70. The molecule has 0 unspecified atom stereocenters. The molecule has 1 N–H and O–H groups in total. The van der Waals surface area contributed by atoms with E-state index in [0.717, 1.165) is 55.4 Å². The maximum Gasteiger partial charge on any atom is 0.254 e. The van der Waals surface area contributed by atoms with Gasteiger partial charge in [-0.3, -0.25) is 0 Å². The van der Waals surface area contributed by atoms with Crippen molar-refractivity contribution in [3.63, 3.8) is 0 Å². The fourth-order valence-electron chi connectivity index (χ4n) is 3.40. The highest BCUT2D eigenvalue weighted by atomic mass is 16.5. The van der Waals surface area contributed by atoms with Gasteiger partial charge in [-0.1, -0.05) is 6.92 Å². The first kappa shape index (κ1) is 17.6. The minimum Gasteiger partial charge on any atom is -0.378 e. The summed E-state index contributed by atoms with van der Waals surface area (Å²) >= 11 is 0. The molecule has 0 aromatic carbocycles. The normalized spacial score (nSPS) is 15.4. The van der Waals surface area contributed by atoms with Crippen LogP contribution in [0.15, 0.2) is 24.8 Å². The Morgan fingerprint density at radius 2 is 1.96 bits per heavy atom. The molecule has 1 fully saturated rings. The molecule has 4 rings (SSSR count). The number of ether oxygens (including phenoxy) is 1. The molecule has 0 radical (unpaired) electrons. The zero-order valence-electron chi connectivity index (χ0n) is 15.7. The van der Waals surface area contributed by atoms with E-state index in [-0.39, 0.29) is 0 Å². The zero-order valence-corrected chi connectivity index (χ0v) is 15.7. The third kappa shape index (κ3) is 3.82. The van der Waals surface area contributed by atoms with Gasteiger partial charge in [0.2, 0.25) is 0 Å². The largest absolute Gasteiger partial charge is 0.378 e. The molecular formula is C18H24N8O. The highest BCUT2D eigenvalue weighted by Crippen LogP contribution is 2.21. The van der Waals surface area contributed by atoms with Gasteiger partial charge in [-0.25, -0.2) is 15.0 Å². The average Bonchev–Trinajstić information content (AvgIpc) is 3.18. The van der Waals surface area contributed by atoms with Crippen LogP contribution in [0.1, 0.15) is 31.2 Å². The van der Waals surface area contributed by atoms with Crippen LogP contribution in [-0.4, -0.2) is 55.8 Å². The fourth-order valence-corrected chi connectivity index (χ4v) is 3.40. The van der Waals surface area contributed by atoms with Gasteiger partial charge in [0.25, 0.3) is 5.78 Å². The summed E-state index contributed by atoms with van der Waals surface area (Å²) in [4.78, 5) is 19.7. The van der Waals surface area contributed by atoms with Gasteiger partial charge >= 0.3 is 0 Å². The van der Waals surface area contributed by atoms with Gasteiger partial charge in [0.15, 0.2) is 0 Å². The van der Waals surface area contributed by atoms with Crippen molar-refractivity contribution in [2.75, 3.05) is 30.4 Å². The van der Waals surface area contributed by atoms with Crippen molar-refractivity contribution in [3.05, 3.63) is 36.2 Å². The molecule has 0 bridgehead atoms. The van der Waals surface area contributed by atoms with Gasteiger partial charge in [0, 0.05) is 44.1 Å². The number of aryl methyl sites for hydroxylation is 1. The Hall–Kier alpha value is -2.81. The molecule has 0 aliphatic carbocycles. The highest BCUT2D eigenvalue weighted by molar-refractivity contribution is 5.46. The van der Waals surface area contributed by atoms with E-state index >= 15 is 0 Å². The Kier molecular flexibility index (Phi) is 5.10. The molecule has 3 aromatic rings. The van der Waals surface area contributed by atoms with E-state index in [1.165, 1.54) is 6.33 Å². The molecule has 1 saturated heterocycles. The molecule has 0 atom stereocenters. The molecule has 0 saturated carbocycles. The Labute approximate surface area is 157 Å². The fraction of sp³-hybridized carbons (Fsp3) is 0.500. The summed E-state index contributed by atoms with van der Waals surface area (Å²) in [6, 6.07) is 4.43. The van der Waals surface area contributed by atoms with E-state index in [2.05, 4.69) is 48.2 Å². The van der Waals surface area contributed by atoms with Crippen LogP contribution in [0.25, 0.3) is 5.78 Å². The van der Waals surface area contributed by atoms with Crippen LogP contribution in [0.3, 0.4) is 0 Å². The Balaban J connectivity index is 1.45. The maximum absolute atomic E-state index is 5.21. The molecular weight excluding hydrogens is 344 g/mol. The lowest BCUT2D eigenvalue weighted by molar-refractivity contribution is 0.181. The standard InChI is InChI=1S/C18H24N8O/c1-3-13-8-16(20-11-19-13)25-6-4-14(5-7-25)23-17-9-15(10-27-2)24-18-21-12-22-26(17)18/h8-9,11-12,14,23H,3-7,10H2,1-2H3. The summed E-state index contributed by atoms with van der Waals surface area (Å²) in [5.74, 6) is 2.50. The first-order valence-corrected chi connectivity index (χ1v) is 9.28. The zero-order chi connectivity index (χ0) is 18.6. The van der Waals surface area contributed by atoms with Crippen LogP contribution in [0.5, 0.6) is 0 Å². The van der Waals surface area contributed by atoms with Crippen LogP contribution in [-0.2, 0) is 17.8 Å². The molecule has 3 aromatic heterocycles. The van der Waals surface area contributed by atoms with Gasteiger partial charge < -0.3 is 15.0 Å². The second kappa shape index (κ2) is 7.83. The lowest BCUT2D eigenvalue weighted by Crippen LogP contribution is -2.40. The summed E-state index contributed by atoms with van der Waals surface area (Å²) in [6.45, 7) is 4.46. The lowest BCUT2D eigenvalue weighted by Gasteiger charge is -2.33. The topological polar surface area (TPSA) is 93.4 Å². The third-order valence-electron chi connectivity index (χ3n) is 4.84. The molecule has 0 spiro atoms. The molecule has 9 nitrogen and oxygen atoms in total. The number of aromatic nitrogens is 6. The molecule has 0 amide bonds. The van der Waals surface area contributed by atoms with Gasteiger partial charge in [-0.05, 0) is 19.3 Å². The summed E-state index contributed by atoms with van der Waals surface area (Å²) in [7, 11) is 1.66. The van der Waals surface area contributed by atoms with Crippen molar-refractivity contribution >= 4 is 17.4 Å². The Morgan fingerprint density at radius 3 is 2.74 bits per heavy atom. The summed E-state index contributed by atoms with van der Waals surface area (Å²) in [5.41, 5.74) is 1.92. The van der Waals surface area contributed by atoms with Crippen molar-refractivity contribution in [2.24, 2.45) is 0 Å². The van der Waals surface area contributed by atoms with Gasteiger partial charge in [-0.15, -0.1) is 0 Å². The second-order valence-electron chi connectivity index (χ2n) is 6.66. The van der Waals surface area contributed by atoms with Gasteiger partial charge in [0.05, 0.1) is 12.3 Å². The van der Waals surface area contributed by atoms with Crippen molar-refractivity contribution < 1.29 is 4.74 Å². The van der Waals surface area contributed by atoms with Crippen molar-refractivity contribution in [1.29, 1.82) is 0 Å². The number of anilines is 2. The van der Waals surface area contributed by atoms with Gasteiger partial charge in [-0.2, -0.15) is 14.6 Å². The Bertz CT molecular complexity index is 903. The summed E-state index contributed by atoms with van der Waals surface area (Å²) in [6.07, 6.45) is 6.14.